The van der Waals surface area contributed by atoms with Crippen molar-refractivity contribution in [3.05, 3.63) is 36.0 Å². The van der Waals surface area contributed by atoms with Crippen LogP contribution in [0, 0.1) is 0 Å². The molecule has 0 saturated carbocycles. The number of aromatic amines is 1. The maximum Gasteiger partial charge on any atom is 0.191 e. The molecule has 0 aliphatic heterocycles. The summed E-state index contributed by atoms with van der Waals surface area (Å²) in [6.45, 7) is 11.0. The van der Waals surface area contributed by atoms with Crippen molar-refractivity contribution in [2.24, 2.45) is 4.99 Å². The van der Waals surface area contributed by atoms with Gasteiger partial charge in [0.05, 0.1) is 0 Å². The van der Waals surface area contributed by atoms with Crippen molar-refractivity contribution in [1.29, 1.82) is 0 Å². The molecule has 1 atom stereocenters. The molecule has 0 aliphatic carbocycles. The van der Waals surface area contributed by atoms with E-state index in [0.29, 0.717) is 6.04 Å². The number of aromatic nitrogens is 1. The summed E-state index contributed by atoms with van der Waals surface area (Å²) in [5.41, 5.74) is 2.54. The summed E-state index contributed by atoms with van der Waals surface area (Å²) in [4.78, 5) is 10.2. The Morgan fingerprint density at radius 1 is 1.22 bits per heavy atom. The van der Waals surface area contributed by atoms with Crippen LogP contribution in [0.3, 0.4) is 0 Å². The lowest BCUT2D eigenvalue weighted by Gasteiger charge is -2.21. The number of rotatable bonds is 10. The standard InChI is InChI=1S/C21H35N5.HI/c1-5-26(6-2)15-9-10-17(3)25-21(22-4)23-14-13-18-16-24-20-12-8-7-11-19(18)20;/h7-8,11-12,16-17,24H,5-6,9-10,13-15H2,1-4H3,(H2,22,23,25);1H. The molecule has 0 aliphatic rings. The fourth-order valence-electron chi connectivity index (χ4n) is 3.32. The predicted molar refractivity (Wildman–Crippen MR) is 128 cm³/mol. The third-order valence-corrected chi connectivity index (χ3v) is 4.97. The number of nitrogens with zero attached hydrogens (tertiary/aromatic N) is 2. The van der Waals surface area contributed by atoms with Crippen LogP contribution in [0.15, 0.2) is 35.5 Å². The topological polar surface area (TPSA) is 55.4 Å². The molecular weight excluding hydrogens is 449 g/mol. The van der Waals surface area contributed by atoms with Crippen LogP contribution in [-0.2, 0) is 6.42 Å². The molecule has 2 aromatic rings. The van der Waals surface area contributed by atoms with Gasteiger partial charge in [-0.05, 0) is 57.5 Å². The molecule has 0 amide bonds. The molecule has 0 radical (unpaired) electrons. The molecule has 0 bridgehead atoms. The van der Waals surface area contributed by atoms with Gasteiger partial charge in [-0.25, -0.2) is 0 Å². The van der Waals surface area contributed by atoms with E-state index in [1.54, 1.807) is 0 Å². The van der Waals surface area contributed by atoms with Crippen LogP contribution in [0.5, 0.6) is 0 Å². The summed E-state index contributed by atoms with van der Waals surface area (Å²) in [7, 11) is 1.84. The van der Waals surface area contributed by atoms with Crippen molar-refractivity contribution in [1.82, 2.24) is 20.5 Å². The predicted octanol–water partition coefficient (Wildman–Crippen LogP) is 4.00. The van der Waals surface area contributed by atoms with Crippen LogP contribution in [0.25, 0.3) is 10.9 Å². The zero-order valence-electron chi connectivity index (χ0n) is 17.2. The van der Waals surface area contributed by atoms with Gasteiger partial charge >= 0.3 is 0 Å². The molecule has 1 aromatic carbocycles. The van der Waals surface area contributed by atoms with Crippen LogP contribution in [0.4, 0.5) is 0 Å². The number of halogens is 1. The van der Waals surface area contributed by atoms with Gasteiger partial charge in [0, 0.05) is 36.7 Å². The summed E-state index contributed by atoms with van der Waals surface area (Å²) in [6.07, 6.45) is 5.45. The van der Waals surface area contributed by atoms with Crippen LogP contribution >= 0.6 is 24.0 Å². The van der Waals surface area contributed by atoms with Gasteiger partial charge in [-0.3, -0.25) is 4.99 Å². The van der Waals surface area contributed by atoms with E-state index in [1.807, 2.05) is 7.05 Å². The minimum absolute atomic E-state index is 0. The number of para-hydroxylation sites is 1. The second-order valence-electron chi connectivity index (χ2n) is 6.82. The number of nitrogens with one attached hydrogen (secondary N) is 3. The summed E-state index contributed by atoms with van der Waals surface area (Å²) >= 11 is 0. The van der Waals surface area contributed by atoms with Gasteiger partial charge in [-0.2, -0.15) is 0 Å². The Labute approximate surface area is 181 Å². The van der Waals surface area contributed by atoms with E-state index in [2.05, 4.69) is 76.7 Å². The van der Waals surface area contributed by atoms with Gasteiger partial charge in [-0.15, -0.1) is 24.0 Å². The molecular formula is C21H36IN5. The minimum Gasteiger partial charge on any atom is -0.361 e. The zero-order valence-corrected chi connectivity index (χ0v) is 19.5. The number of hydrogen-bond donors (Lipinski definition) is 3. The third kappa shape index (κ3) is 7.70. The molecule has 5 nitrogen and oxygen atoms in total. The Balaban J connectivity index is 0.00000364. The number of hydrogen-bond acceptors (Lipinski definition) is 2. The Morgan fingerprint density at radius 3 is 2.67 bits per heavy atom. The van der Waals surface area contributed by atoms with Gasteiger partial charge in [0.2, 0.25) is 0 Å². The zero-order chi connectivity index (χ0) is 18.8. The van der Waals surface area contributed by atoms with E-state index < -0.39 is 0 Å². The second kappa shape index (κ2) is 13.0. The minimum atomic E-state index is 0. The lowest BCUT2D eigenvalue weighted by atomic mass is 10.1. The average molecular weight is 485 g/mol. The lowest BCUT2D eigenvalue weighted by Crippen LogP contribution is -2.43. The molecule has 152 valence electrons. The molecule has 1 heterocycles. The van der Waals surface area contributed by atoms with Crippen molar-refractivity contribution in [3.8, 4) is 0 Å². The second-order valence-corrected chi connectivity index (χ2v) is 6.82. The first-order valence-electron chi connectivity index (χ1n) is 9.92. The molecule has 3 N–H and O–H groups in total. The third-order valence-electron chi connectivity index (χ3n) is 4.97. The van der Waals surface area contributed by atoms with Gasteiger partial charge < -0.3 is 20.5 Å². The van der Waals surface area contributed by atoms with Crippen LogP contribution < -0.4 is 10.6 Å². The monoisotopic (exact) mass is 485 g/mol. The maximum absolute atomic E-state index is 4.36. The molecule has 2 rings (SSSR count). The van der Waals surface area contributed by atoms with Crippen LogP contribution in [0.1, 0.15) is 39.2 Å². The van der Waals surface area contributed by atoms with Crippen molar-refractivity contribution >= 4 is 40.8 Å². The Morgan fingerprint density at radius 2 is 1.96 bits per heavy atom. The highest BCUT2D eigenvalue weighted by atomic mass is 127. The van der Waals surface area contributed by atoms with Gasteiger partial charge in [-0.1, -0.05) is 32.0 Å². The summed E-state index contributed by atoms with van der Waals surface area (Å²) in [6, 6.07) is 8.87. The largest absolute Gasteiger partial charge is 0.361 e. The Kier molecular flexibility index (Phi) is 11.4. The van der Waals surface area contributed by atoms with E-state index >= 15 is 0 Å². The summed E-state index contributed by atoms with van der Waals surface area (Å²) in [5.74, 6) is 0.889. The SMILES string of the molecule is CCN(CC)CCCC(C)NC(=NC)NCCc1c[nH]c2ccccc12.I. The van der Waals surface area contributed by atoms with Crippen molar-refractivity contribution < 1.29 is 0 Å². The highest BCUT2D eigenvalue weighted by Gasteiger charge is 2.07. The summed E-state index contributed by atoms with van der Waals surface area (Å²) < 4.78 is 0. The normalized spacial score (nSPS) is 12.9. The first-order chi connectivity index (χ1) is 12.7. The molecule has 1 aromatic heterocycles. The summed E-state index contributed by atoms with van der Waals surface area (Å²) in [5, 5.41) is 8.25. The first-order valence-corrected chi connectivity index (χ1v) is 9.92. The molecule has 6 heteroatoms. The number of aliphatic imine (C=N–C) groups is 1. The molecule has 0 fully saturated rings. The highest BCUT2D eigenvalue weighted by molar-refractivity contribution is 14.0. The molecule has 1 unspecified atom stereocenters. The Bertz CT molecular complexity index is 678. The smallest absolute Gasteiger partial charge is 0.191 e. The quantitative estimate of drug-likeness (QED) is 0.271. The first kappa shape index (κ1) is 23.8. The van der Waals surface area contributed by atoms with E-state index in [1.165, 1.54) is 29.4 Å². The molecule has 0 spiro atoms. The van der Waals surface area contributed by atoms with Crippen molar-refractivity contribution in [2.45, 2.75) is 46.1 Å². The number of fused-ring (bicyclic) bond motifs is 1. The number of H-pyrrole nitrogens is 1. The van der Waals surface area contributed by atoms with Crippen molar-refractivity contribution in [3.63, 3.8) is 0 Å². The van der Waals surface area contributed by atoms with E-state index in [9.17, 15) is 0 Å². The van der Waals surface area contributed by atoms with E-state index in [0.717, 1.165) is 38.4 Å². The van der Waals surface area contributed by atoms with Crippen LogP contribution in [0.2, 0.25) is 0 Å². The van der Waals surface area contributed by atoms with Gasteiger partial charge in [0.25, 0.3) is 0 Å². The lowest BCUT2D eigenvalue weighted by molar-refractivity contribution is 0.292. The Hall–Kier alpha value is -1.28. The fraction of sp³-hybridized carbons (Fsp3) is 0.571. The van der Waals surface area contributed by atoms with E-state index in [-0.39, 0.29) is 24.0 Å². The van der Waals surface area contributed by atoms with Crippen molar-refractivity contribution in [2.75, 3.05) is 33.2 Å². The fourth-order valence-corrected chi connectivity index (χ4v) is 3.32. The van der Waals surface area contributed by atoms with Crippen LogP contribution in [-0.4, -0.2) is 55.1 Å². The molecule has 0 saturated heterocycles. The average Bonchev–Trinajstić information content (AvgIpc) is 3.07. The number of guanidine groups is 1. The highest BCUT2D eigenvalue weighted by Crippen LogP contribution is 2.17. The van der Waals surface area contributed by atoms with E-state index in [4.69, 9.17) is 0 Å². The van der Waals surface area contributed by atoms with Gasteiger partial charge in [0.1, 0.15) is 0 Å². The van der Waals surface area contributed by atoms with Gasteiger partial charge in [0.15, 0.2) is 5.96 Å². The number of benzene rings is 1. The maximum atomic E-state index is 4.36. The molecule has 27 heavy (non-hydrogen) atoms.